The summed E-state index contributed by atoms with van der Waals surface area (Å²) < 4.78 is 0.716. The van der Waals surface area contributed by atoms with E-state index < -0.39 is 0 Å². The number of benzene rings is 1. The van der Waals surface area contributed by atoms with Crippen LogP contribution < -0.4 is 4.90 Å². The van der Waals surface area contributed by atoms with Crippen LogP contribution in [0, 0.1) is 0 Å². The van der Waals surface area contributed by atoms with E-state index in [9.17, 15) is 9.59 Å². The number of carbonyl (C=O) groups is 2. The third-order valence-corrected chi connectivity index (χ3v) is 5.00. The normalized spacial score (nSPS) is 19.4. The van der Waals surface area contributed by atoms with Gasteiger partial charge in [-0.05, 0) is 28.1 Å². The molecule has 1 saturated heterocycles. The van der Waals surface area contributed by atoms with Crippen molar-refractivity contribution < 1.29 is 9.59 Å². The van der Waals surface area contributed by atoms with Crippen LogP contribution in [-0.4, -0.2) is 22.8 Å². The van der Waals surface area contributed by atoms with Crippen LogP contribution in [0.15, 0.2) is 22.7 Å². The Morgan fingerprint density at radius 3 is 2.94 bits per heavy atom. The van der Waals surface area contributed by atoms with Crippen molar-refractivity contribution in [2.24, 2.45) is 0 Å². The first kappa shape index (κ1) is 13.9. The molecule has 0 saturated carbocycles. The second-order valence-corrected chi connectivity index (χ2v) is 6.69. The largest absolute Gasteiger partial charge is 0.310 e. The fourth-order valence-electron chi connectivity index (χ4n) is 1.92. The highest BCUT2D eigenvalue weighted by molar-refractivity contribution is 9.10. The van der Waals surface area contributed by atoms with E-state index in [1.165, 1.54) is 18.7 Å². The highest BCUT2D eigenvalue weighted by atomic mass is 79.9. The molecule has 18 heavy (non-hydrogen) atoms. The van der Waals surface area contributed by atoms with E-state index in [0.29, 0.717) is 22.5 Å². The number of hydrogen-bond donors (Lipinski definition) is 0. The van der Waals surface area contributed by atoms with Gasteiger partial charge in [0.2, 0.25) is 5.91 Å². The summed E-state index contributed by atoms with van der Waals surface area (Å²) in [6, 6.07) is 5.41. The molecule has 1 heterocycles. The molecule has 0 N–H and O–H groups in total. The monoisotopic (exact) mass is 347 g/mol. The van der Waals surface area contributed by atoms with Crippen LogP contribution in [0.25, 0.3) is 0 Å². The van der Waals surface area contributed by atoms with E-state index in [1.807, 2.05) is 6.07 Å². The fourth-order valence-corrected chi connectivity index (χ4v) is 3.49. The van der Waals surface area contributed by atoms with Gasteiger partial charge >= 0.3 is 0 Å². The van der Waals surface area contributed by atoms with Crippen molar-refractivity contribution in [2.75, 3.05) is 11.4 Å². The summed E-state index contributed by atoms with van der Waals surface area (Å²) in [4.78, 5) is 24.7. The molecule has 2 rings (SSSR count). The van der Waals surface area contributed by atoms with Crippen molar-refractivity contribution in [1.29, 1.82) is 0 Å². The average molecular weight is 349 g/mol. The number of halogens is 2. The summed E-state index contributed by atoms with van der Waals surface area (Å²) in [7, 11) is 0. The van der Waals surface area contributed by atoms with E-state index in [2.05, 4.69) is 15.9 Å². The lowest BCUT2D eigenvalue weighted by Crippen LogP contribution is -2.25. The minimum atomic E-state index is 0.0247. The van der Waals surface area contributed by atoms with Crippen molar-refractivity contribution in [3.63, 3.8) is 0 Å². The summed E-state index contributed by atoms with van der Waals surface area (Å²) >= 11 is 10.6. The lowest BCUT2D eigenvalue weighted by molar-refractivity contribution is -0.117. The van der Waals surface area contributed by atoms with Gasteiger partial charge in [0.25, 0.3) is 0 Å². The highest BCUT2D eigenvalue weighted by Gasteiger charge is 2.32. The van der Waals surface area contributed by atoms with Crippen LogP contribution in [0.3, 0.4) is 0 Å². The van der Waals surface area contributed by atoms with Crippen LogP contribution >= 0.6 is 39.3 Å². The van der Waals surface area contributed by atoms with E-state index in [-0.39, 0.29) is 16.3 Å². The molecular formula is C12H11BrClNO2S. The van der Waals surface area contributed by atoms with Gasteiger partial charge in [0.1, 0.15) is 0 Å². The Hall–Kier alpha value is -0.520. The van der Waals surface area contributed by atoms with Crippen molar-refractivity contribution >= 4 is 56.0 Å². The fraction of sp³-hybridized carbons (Fsp3) is 0.333. The van der Waals surface area contributed by atoms with Crippen LogP contribution in [-0.2, 0) is 9.59 Å². The number of anilines is 1. The molecule has 1 aromatic rings. The molecule has 6 heteroatoms. The lowest BCUT2D eigenvalue weighted by atomic mass is 10.3. The summed E-state index contributed by atoms with van der Waals surface area (Å²) in [5.41, 5.74) is 0.763. The van der Waals surface area contributed by atoms with Crippen molar-refractivity contribution in [1.82, 2.24) is 0 Å². The van der Waals surface area contributed by atoms with Crippen LogP contribution in [0.2, 0.25) is 5.02 Å². The van der Waals surface area contributed by atoms with Crippen LogP contribution in [0.1, 0.15) is 13.3 Å². The third kappa shape index (κ3) is 2.90. The first-order chi connectivity index (χ1) is 8.49. The van der Waals surface area contributed by atoms with Gasteiger partial charge < -0.3 is 4.90 Å². The first-order valence-corrected chi connectivity index (χ1v) is 7.45. The van der Waals surface area contributed by atoms with Gasteiger partial charge in [-0.15, -0.1) is 0 Å². The van der Waals surface area contributed by atoms with Crippen molar-refractivity contribution in [3.8, 4) is 0 Å². The topological polar surface area (TPSA) is 37.4 Å². The van der Waals surface area contributed by atoms with Gasteiger partial charge in [-0.25, -0.2) is 0 Å². The van der Waals surface area contributed by atoms with Gasteiger partial charge in [-0.3, -0.25) is 9.59 Å². The Kier molecular flexibility index (Phi) is 4.35. The number of rotatable bonds is 2. The summed E-state index contributed by atoms with van der Waals surface area (Å²) in [6.07, 6.45) is 0.392. The molecule has 1 atom stereocenters. The van der Waals surface area contributed by atoms with Gasteiger partial charge in [0.15, 0.2) is 5.12 Å². The average Bonchev–Trinajstić information content (AvgIpc) is 2.62. The Labute approximate surface area is 123 Å². The number of amides is 1. The number of thioether (sulfide) groups is 1. The molecule has 0 bridgehead atoms. The zero-order valence-corrected chi connectivity index (χ0v) is 12.8. The molecule has 1 amide bonds. The summed E-state index contributed by atoms with van der Waals surface area (Å²) in [5, 5.41) is 0.642. The van der Waals surface area contributed by atoms with Gasteiger partial charge in [-0.1, -0.05) is 29.4 Å². The van der Waals surface area contributed by atoms with Gasteiger partial charge in [-0.2, -0.15) is 0 Å². The van der Waals surface area contributed by atoms with Crippen molar-refractivity contribution in [2.45, 2.75) is 18.6 Å². The molecule has 1 aliphatic rings. The Morgan fingerprint density at radius 2 is 2.28 bits per heavy atom. The predicted octanol–water partition coefficient (Wildman–Crippen LogP) is 3.49. The van der Waals surface area contributed by atoms with Gasteiger partial charge in [0.05, 0.1) is 15.2 Å². The van der Waals surface area contributed by atoms with Crippen LogP contribution in [0.4, 0.5) is 5.69 Å². The molecular weight excluding hydrogens is 338 g/mol. The van der Waals surface area contributed by atoms with Crippen LogP contribution in [0.5, 0.6) is 0 Å². The predicted molar refractivity (Wildman–Crippen MR) is 78.2 cm³/mol. The van der Waals surface area contributed by atoms with E-state index in [4.69, 9.17) is 11.6 Å². The van der Waals surface area contributed by atoms with E-state index in [1.54, 1.807) is 17.0 Å². The standard InChI is InChI=1S/C12H11BrClNO2S/c1-7(16)18-8-5-11(17)15(6-8)10-4-2-3-9(14)12(10)13/h2-4,8H,5-6H2,1H3. The lowest BCUT2D eigenvalue weighted by Gasteiger charge is -2.18. The molecule has 0 radical (unpaired) electrons. The van der Waals surface area contributed by atoms with E-state index in [0.717, 1.165) is 5.69 Å². The van der Waals surface area contributed by atoms with Gasteiger partial charge in [0, 0.05) is 25.1 Å². The molecule has 0 aromatic heterocycles. The molecule has 0 aliphatic carbocycles. The minimum Gasteiger partial charge on any atom is -0.310 e. The number of carbonyl (C=O) groups excluding carboxylic acids is 2. The smallest absolute Gasteiger partial charge is 0.228 e. The number of hydrogen-bond acceptors (Lipinski definition) is 3. The zero-order valence-electron chi connectivity index (χ0n) is 9.65. The molecule has 1 fully saturated rings. The third-order valence-electron chi connectivity index (χ3n) is 2.64. The Balaban J connectivity index is 2.22. The van der Waals surface area contributed by atoms with Crippen molar-refractivity contribution in [3.05, 3.63) is 27.7 Å². The Bertz CT molecular complexity index is 509. The second kappa shape index (κ2) is 5.63. The summed E-state index contributed by atoms with van der Waals surface area (Å²) in [6.45, 7) is 2.06. The number of nitrogens with zero attached hydrogens (tertiary/aromatic N) is 1. The molecule has 1 unspecified atom stereocenters. The molecule has 1 aliphatic heterocycles. The first-order valence-electron chi connectivity index (χ1n) is 5.40. The summed E-state index contributed by atoms with van der Waals surface area (Å²) in [5.74, 6) is 0.0247. The maximum absolute atomic E-state index is 12.0. The second-order valence-electron chi connectivity index (χ2n) is 4.01. The molecule has 0 spiro atoms. The zero-order chi connectivity index (χ0) is 13.3. The van der Waals surface area contributed by atoms with E-state index >= 15 is 0 Å². The minimum absolute atomic E-state index is 0.0247. The maximum Gasteiger partial charge on any atom is 0.228 e. The Morgan fingerprint density at radius 1 is 1.56 bits per heavy atom. The SMILES string of the molecule is CC(=O)SC1CC(=O)N(c2cccc(Cl)c2Br)C1. The molecule has 1 aromatic carbocycles. The molecule has 3 nitrogen and oxygen atoms in total. The molecule has 96 valence electrons. The quantitative estimate of drug-likeness (QED) is 0.821. The highest BCUT2D eigenvalue weighted by Crippen LogP contribution is 2.36. The maximum atomic E-state index is 12.0.